The Bertz CT molecular complexity index is 1120. The number of para-hydroxylation sites is 2. The molecule has 0 aliphatic carbocycles. The van der Waals surface area contributed by atoms with E-state index in [0.29, 0.717) is 32.2 Å². The van der Waals surface area contributed by atoms with Gasteiger partial charge in [-0.1, -0.05) is 49.4 Å². The van der Waals surface area contributed by atoms with Crippen LogP contribution >= 0.6 is 0 Å². The molecule has 1 N–H and O–H groups in total. The Balaban J connectivity index is 1.63. The van der Waals surface area contributed by atoms with Gasteiger partial charge in [0.1, 0.15) is 24.1 Å². The van der Waals surface area contributed by atoms with Gasteiger partial charge in [0.15, 0.2) is 0 Å². The van der Waals surface area contributed by atoms with E-state index in [0.717, 1.165) is 35.4 Å². The van der Waals surface area contributed by atoms with Crippen molar-refractivity contribution in [1.82, 2.24) is 14.9 Å². The molecular formula is C29H39N3O4. The van der Waals surface area contributed by atoms with Gasteiger partial charge >= 0.3 is 11.9 Å². The van der Waals surface area contributed by atoms with E-state index in [1.54, 1.807) is 0 Å². The minimum absolute atomic E-state index is 0.226. The third-order valence-corrected chi connectivity index (χ3v) is 5.71. The molecule has 0 amide bonds. The fourth-order valence-corrected chi connectivity index (χ4v) is 4.10. The zero-order valence-electron chi connectivity index (χ0n) is 22.0. The Labute approximate surface area is 214 Å². The first-order chi connectivity index (χ1) is 17.3. The van der Waals surface area contributed by atoms with Gasteiger partial charge in [0, 0.05) is 19.4 Å². The summed E-state index contributed by atoms with van der Waals surface area (Å²) >= 11 is 0. The smallest absolute Gasteiger partial charge is 0.323 e. The van der Waals surface area contributed by atoms with Crippen LogP contribution in [0.25, 0.3) is 11.0 Å². The fourth-order valence-electron chi connectivity index (χ4n) is 4.10. The molecule has 1 heterocycles. The second-order valence-electron chi connectivity index (χ2n) is 10.00. The number of hydrogen-bond donors (Lipinski definition) is 1. The highest BCUT2D eigenvalue weighted by Crippen LogP contribution is 2.18. The lowest BCUT2D eigenvalue weighted by Gasteiger charge is -2.20. The van der Waals surface area contributed by atoms with Crippen LogP contribution in [0, 0.1) is 0 Å². The summed E-state index contributed by atoms with van der Waals surface area (Å²) in [5, 5.41) is 3.31. The molecule has 0 radical (unpaired) electrons. The number of carbonyl (C=O) groups excluding carboxylic acids is 2. The van der Waals surface area contributed by atoms with Crippen molar-refractivity contribution in [2.24, 2.45) is 0 Å². The minimum atomic E-state index is -0.502. The van der Waals surface area contributed by atoms with E-state index in [1.807, 2.05) is 69.3 Å². The first-order valence-corrected chi connectivity index (χ1v) is 12.9. The molecule has 0 aliphatic heterocycles. The maximum Gasteiger partial charge on any atom is 0.323 e. The summed E-state index contributed by atoms with van der Waals surface area (Å²) in [4.78, 5) is 29.9. The molecule has 194 valence electrons. The van der Waals surface area contributed by atoms with Crippen LogP contribution in [0.15, 0.2) is 54.6 Å². The number of aryl methyl sites for hydroxylation is 2. The van der Waals surface area contributed by atoms with E-state index in [-0.39, 0.29) is 18.5 Å². The van der Waals surface area contributed by atoms with Gasteiger partial charge in [-0.15, -0.1) is 0 Å². The van der Waals surface area contributed by atoms with E-state index < -0.39 is 11.6 Å². The summed E-state index contributed by atoms with van der Waals surface area (Å²) in [6.45, 7) is 9.33. The van der Waals surface area contributed by atoms with Gasteiger partial charge in [0.25, 0.3) is 0 Å². The highest BCUT2D eigenvalue weighted by Gasteiger charge is 2.22. The van der Waals surface area contributed by atoms with Crippen molar-refractivity contribution in [3.8, 4) is 0 Å². The number of aromatic nitrogens is 2. The van der Waals surface area contributed by atoms with Crippen molar-refractivity contribution in [3.05, 3.63) is 66.0 Å². The quantitative estimate of drug-likeness (QED) is 0.260. The van der Waals surface area contributed by atoms with Crippen LogP contribution in [0.1, 0.15) is 64.8 Å². The molecular weight excluding hydrogens is 454 g/mol. The van der Waals surface area contributed by atoms with Gasteiger partial charge in [-0.25, -0.2) is 4.98 Å². The first-order valence-electron chi connectivity index (χ1n) is 12.9. The van der Waals surface area contributed by atoms with Gasteiger partial charge in [-0.05, 0) is 64.3 Å². The highest BCUT2D eigenvalue weighted by atomic mass is 16.6. The second-order valence-corrected chi connectivity index (χ2v) is 10.00. The van der Waals surface area contributed by atoms with Gasteiger partial charge < -0.3 is 19.4 Å². The monoisotopic (exact) mass is 493 g/mol. The minimum Gasteiger partial charge on any atom is -0.460 e. The molecule has 3 aromatic rings. The SMILES string of the molecule is CCCn1c(CC[C@H](NCCCC(=O)OC(C)(C)C)C(=O)OCc2ccccc2)nc2ccccc21. The molecule has 7 heteroatoms. The number of carbonyl (C=O) groups is 2. The van der Waals surface area contributed by atoms with E-state index in [2.05, 4.69) is 22.9 Å². The molecule has 0 saturated carbocycles. The van der Waals surface area contributed by atoms with Crippen molar-refractivity contribution >= 4 is 23.0 Å². The average molecular weight is 494 g/mol. The summed E-state index contributed by atoms with van der Waals surface area (Å²) in [7, 11) is 0. The van der Waals surface area contributed by atoms with Gasteiger partial charge in [-0.2, -0.15) is 0 Å². The predicted molar refractivity (Wildman–Crippen MR) is 141 cm³/mol. The molecule has 2 aromatic carbocycles. The topological polar surface area (TPSA) is 82.5 Å². The van der Waals surface area contributed by atoms with Crippen LogP contribution in [0.5, 0.6) is 0 Å². The Kier molecular flexibility index (Phi) is 10.1. The molecule has 3 rings (SSSR count). The van der Waals surface area contributed by atoms with Crippen molar-refractivity contribution in [3.63, 3.8) is 0 Å². The lowest BCUT2D eigenvalue weighted by Crippen LogP contribution is -2.39. The second kappa shape index (κ2) is 13.2. The van der Waals surface area contributed by atoms with Crippen LogP contribution in [-0.2, 0) is 38.6 Å². The van der Waals surface area contributed by atoms with Crippen molar-refractivity contribution in [1.29, 1.82) is 0 Å². The molecule has 36 heavy (non-hydrogen) atoms. The summed E-state index contributed by atoms with van der Waals surface area (Å²) in [5.74, 6) is 0.435. The highest BCUT2D eigenvalue weighted by molar-refractivity contribution is 5.77. The first kappa shape index (κ1) is 27.4. The van der Waals surface area contributed by atoms with E-state index >= 15 is 0 Å². The maximum absolute atomic E-state index is 13.0. The van der Waals surface area contributed by atoms with Crippen LogP contribution in [-0.4, -0.2) is 39.7 Å². The zero-order chi connectivity index (χ0) is 26.0. The number of benzene rings is 2. The predicted octanol–water partition coefficient (Wildman–Crippen LogP) is 5.20. The molecule has 7 nitrogen and oxygen atoms in total. The summed E-state index contributed by atoms with van der Waals surface area (Å²) in [6, 6.07) is 17.3. The van der Waals surface area contributed by atoms with Gasteiger partial charge in [-0.3, -0.25) is 9.59 Å². The standard InChI is InChI=1S/C29H39N3O4/c1-5-20-32-25-15-10-9-14-23(25)31-26(32)18-17-24(28(34)35-21-22-12-7-6-8-13-22)30-19-11-16-27(33)36-29(2,3)4/h6-10,12-15,24,30H,5,11,16-21H2,1-4H3/t24-/m0/s1. The van der Waals surface area contributed by atoms with Gasteiger partial charge in [0.05, 0.1) is 11.0 Å². The molecule has 1 atom stereocenters. The Morgan fingerprint density at radius 1 is 1.06 bits per heavy atom. The third-order valence-electron chi connectivity index (χ3n) is 5.71. The van der Waals surface area contributed by atoms with Crippen molar-refractivity contribution < 1.29 is 19.1 Å². The molecule has 0 saturated heterocycles. The van der Waals surface area contributed by atoms with E-state index in [1.165, 1.54) is 0 Å². The average Bonchev–Trinajstić information content (AvgIpc) is 3.19. The Morgan fingerprint density at radius 3 is 2.50 bits per heavy atom. The van der Waals surface area contributed by atoms with Crippen LogP contribution in [0.3, 0.4) is 0 Å². The number of hydrogen-bond acceptors (Lipinski definition) is 6. The number of rotatable bonds is 13. The molecule has 0 bridgehead atoms. The normalized spacial score (nSPS) is 12.4. The third kappa shape index (κ3) is 8.48. The number of esters is 2. The molecule has 0 spiro atoms. The van der Waals surface area contributed by atoms with Crippen LogP contribution < -0.4 is 5.32 Å². The number of nitrogens with one attached hydrogen (secondary N) is 1. The number of fused-ring (bicyclic) bond motifs is 1. The Hall–Kier alpha value is -3.19. The number of ether oxygens (including phenoxy) is 2. The lowest BCUT2D eigenvalue weighted by molar-refractivity contribution is -0.154. The summed E-state index contributed by atoms with van der Waals surface area (Å²) in [6.07, 6.45) is 3.05. The maximum atomic E-state index is 13.0. The zero-order valence-corrected chi connectivity index (χ0v) is 22.0. The molecule has 0 unspecified atom stereocenters. The Morgan fingerprint density at radius 2 is 1.78 bits per heavy atom. The summed E-state index contributed by atoms with van der Waals surface area (Å²) in [5.41, 5.74) is 2.52. The molecule has 0 aliphatic rings. The van der Waals surface area contributed by atoms with E-state index in [4.69, 9.17) is 14.5 Å². The largest absolute Gasteiger partial charge is 0.460 e. The molecule has 0 fully saturated rings. The fraction of sp³-hybridized carbons (Fsp3) is 0.483. The van der Waals surface area contributed by atoms with Crippen LogP contribution in [0.4, 0.5) is 0 Å². The van der Waals surface area contributed by atoms with E-state index in [9.17, 15) is 9.59 Å². The number of nitrogens with zero attached hydrogens (tertiary/aromatic N) is 2. The molecule has 1 aromatic heterocycles. The van der Waals surface area contributed by atoms with Gasteiger partial charge in [0.2, 0.25) is 0 Å². The number of imidazole rings is 1. The van der Waals surface area contributed by atoms with Crippen molar-refractivity contribution in [2.75, 3.05) is 6.54 Å². The lowest BCUT2D eigenvalue weighted by atomic mass is 10.1. The summed E-state index contributed by atoms with van der Waals surface area (Å²) < 4.78 is 13.3. The van der Waals surface area contributed by atoms with Crippen molar-refractivity contribution in [2.45, 2.75) is 84.6 Å². The van der Waals surface area contributed by atoms with Crippen LogP contribution in [0.2, 0.25) is 0 Å².